The van der Waals surface area contributed by atoms with E-state index in [1.54, 1.807) is 6.07 Å². The van der Waals surface area contributed by atoms with Gasteiger partial charge in [-0.1, -0.05) is 47.6 Å². The van der Waals surface area contributed by atoms with Crippen LogP contribution >= 0.6 is 23.4 Å². The maximum absolute atomic E-state index is 13.1. The average Bonchev–Trinajstić information content (AvgIpc) is 3.59. The number of carbonyl (C=O) groups excluding carboxylic acids is 1. The molecule has 2 aromatic carbocycles. The van der Waals surface area contributed by atoms with E-state index in [2.05, 4.69) is 25.5 Å². The molecule has 1 saturated carbocycles. The van der Waals surface area contributed by atoms with E-state index in [-0.39, 0.29) is 24.2 Å². The molecule has 0 spiro atoms. The monoisotopic (exact) mass is 494 g/mol. The summed E-state index contributed by atoms with van der Waals surface area (Å²) in [5.41, 5.74) is 1.52. The summed E-state index contributed by atoms with van der Waals surface area (Å²) in [6, 6.07) is 15.3. The predicted molar refractivity (Wildman–Crippen MR) is 133 cm³/mol. The van der Waals surface area contributed by atoms with E-state index in [0.717, 1.165) is 36.1 Å². The largest absolute Gasteiger partial charge is 0.419 e. The molecule has 8 nitrogen and oxygen atoms in total. The Kier molecular flexibility index (Phi) is 6.64. The van der Waals surface area contributed by atoms with Crippen LogP contribution in [0.1, 0.15) is 25.7 Å². The molecule has 0 aliphatic heterocycles. The van der Waals surface area contributed by atoms with Gasteiger partial charge in [-0.05, 0) is 44.0 Å². The summed E-state index contributed by atoms with van der Waals surface area (Å²) in [7, 11) is 0. The van der Waals surface area contributed by atoms with Crippen molar-refractivity contribution in [3.05, 3.63) is 59.4 Å². The summed E-state index contributed by atoms with van der Waals surface area (Å²) in [4.78, 5) is 24.2. The number of anilines is 1. The highest BCUT2D eigenvalue weighted by molar-refractivity contribution is 7.99. The fourth-order valence-electron chi connectivity index (χ4n) is 3.65. The van der Waals surface area contributed by atoms with Crippen LogP contribution < -0.4 is 5.32 Å². The average molecular weight is 495 g/mol. The van der Waals surface area contributed by atoms with Gasteiger partial charge in [0.2, 0.25) is 17.7 Å². The molecule has 0 bridgehead atoms. The molecule has 2 heterocycles. The quantitative estimate of drug-likeness (QED) is 0.255. The number of nitrogens with one attached hydrogen (secondary N) is 1. The zero-order valence-electron chi connectivity index (χ0n) is 18.6. The third kappa shape index (κ3) is 5.00. The maximum atomic E-state index is 13.1. The van der Waals surface area contributed by atoms with Crippen LogP contribution in [0.15, 0.2) is 58.1 Å². The van der Waals surface area contributed by atoms with Crippen molar-refractivity contribution in [3.63, 3.8) is 0 Å². The first kappa shape index (κ1) is 22.6. The fourth-order valence-corrected chi connectivity index (χ4v) is 4.60. The zero-order chi connectivity index (χ0) is 23.5. The smallest absolute Gasteiger partial charge is 0.249 e. The van der Waals surface area contributed by atoms with Gasteiger partial charge < -0.3 is 14.6 Å². The molecule has 1 aliphatic rings. The number of amides is 1. The van der Waals surface area contributed by atoms with E-state index in [0.29, 0.717) is 27.5 Å². The van der Waals surface area contributed by atoms with Crippen molar-refractivity contribution >= 4 is 46.0 Å². The lowest BCUT2D eigenvalue weighted by molar-refractivity contribution is -0.129. The van der Waals surface area contributed by atoms with Crippen LogP contribution in [0.5, 0.6) is 0 Å². The van der Waals surface area contributed by atoms with Crippen molar-refractivity contribution in [1.29, 1.82) is 0 Å². The minimum atomic E-state index is -0.00764. The molecule has 4 aromatic rings. The molecule has 0 atom stereocenters. The van der Waals surface area contributed by atoms with Gasteiger partial charge in [-0.2, -0.15) is 0 Å². The summed E-state index contributed by atoms with van der Waals surface area (Å²) >= 11 is 7.57. The number of hydrogen-bond donors (Lipinski definition) is 1. The standard InChI is InChI=1S/C24H23ClN6O2S/c1-2-26-22-17-8-4-6-10-19(17)27-24(28-22)34-14-21(32)31(15-11-12-15)13-20-29-30-23(33-20)16-7-3-5-9-18(16)25/h3-10,15H,2,11-14H2,1H3,(H,26,27,28). The third-order valence-electron chi connectivity index (χ3n) is 5.44. The Balaban J connectivity index is 1.29. The van der Waals surface area contributed by atoms with Gasteiger partial charge in [0.15, 0.2) is 5.16 Å². The predicted octanol–water partition coefficient (Wildman–Crippen LogP) is 5.05. The normalized spacial score (nSPS) is 13.2. The first-order valence-electron chi connectivity index (χ1n) is 11.1. The SMILES string of the molecule is CCNc1nc(SCC(=O)N(Cc2nnc(-c3ccccc3Cl)o2)C2CC2)nc2ccccc12. The van der Waals surface area contributed by atoms with Crippen molar-refractivity contribution in [2.24, 2.45) is 0 Å². The van der Waals surface area contributed by atoms with Crippen molar-refractivity contribution in [2.45, 2.75) is 37.5 Å². The fraction of sp³-hybridized carbons (Fsp3) is 0.292. The molecule has 10 heteroatoms. The highest BCUT2D eigenvalue weighted by Gasteiger charge is 2.34. The number of thioether (sulfide) groups is 1. The number of halogens is 1. The van der Waals surface area contributed by atoms with E-state index >= 15 is 0 Å². The summed E-state index contributed by atoms with van der Waals surface area (Å²) in [5.74, 6) is 1.73. The first-order valence-corrected chi connectivity index (χ1v) is 12.5. The highest BCUT2D eigenvalue weighted by Crippen LogP contribution is 2.31. The number of carbonyl (C=O) groups is 1. The summed E-state index contributed by atoms with van der Waals surface area (Å²) in [6.07, 6.45) is 1.94. The Bertz CT molecular complexity index is 1330. The molecular weight excluding hydrogens is 472 g/mol. The number of fused-ring (bicyclic) bond motifs is 1. The number of rotatable bonds is 9. The minimum Gasteiger partial charge on any atom is -0.419 e. The van der Waals surface area contributed by atoms with E-state index in [1.807, 2.05) is 54.3 Å². The van der Waals surface area contributed by atoms with Crippen LogP contribution in [0.2, 0.25) is 5.02 Å². The van der Waals surface area contributed by atoms with Gasteiger partial charge in [0, 0.05) is 18.0 Å². The van der Waals surface area contributed by atoms with Gasteiger partial charge in [-0.3, -0.25) is 4.79 Å². The Labute approximate surface area is 206 Å². The number of benzene rings is 2. The molecular formula is C24H23ClN6O2S. The lowest BCUT2D eigenvalue weighted by Gasteiger charge is -2.20. The third-order valence-corrected chi connectivity index (χ3v) is 6.60. The van der Waals surface area contributed by atoms with Gasteiger partial charge in [-0.25, -0.2) is 9.97 Å². The molecule has 2 aromatic heterocycles. The van der Waals surface area contributed by atoms with Crippen LogP contribution in [0, 0.1) is 0 Å². The molecule has 5 rings (SSSR count). The lowest BCUT2D eigenvalue weighted by Crippen LogP contribution is -2.34. The molecule has 1 aliphatic carbocycles. The van der Waals surface area contributed by atoms with Gasteiger partial charge in [0.1, 0.15) is 5.82 Å². The molecule has 1 amide bonds. The van der Waals surface area contributed by atoms with E-state index in [1.165, 1.54) is 11.8 Å². The molecule has 0 radical (unpaired) electrons. The van der Waals surface area contributed by atoms with Crippen molar-refractivity contribution in [1.82, 2.24) is 25.1 Å². The first-order chi connectivity index (χ1) is 16.6. The second kappa shape index (κ2) is 9.99. The number of nitrogens with zero attached hydrogens (tertiary/aromatic N) is 5. The van der Waals surface area contributed by atoms with Gasteiger partial charge in [-0.15, -0.1) is 10.2 Å². The van der Waals surface area contributed by atoms with Gasteiger partial charge in [0.25, 0.3) is 0 Å². The highest BCUT2D eigenvalue weighted by atomic mass is 35.5. The van der Waals surface area contributed by atoms with Gasteiger partial charge in [0.05, 0.1) is 28.4 Å². The Morgan fingerprint density at radius 1 is 1.15 bits per heavy atom. The van der Waals surface area contributed by atoms with Crippen LogP contribution in [-0.4, -0.2) is 49.3 Å². The van der Waals surface area contributed by atoms with Crippen LogP contribution in [0.4, 0.5) is 5.82 Å². The summed E-state index contributed by atoms with van der Waals surface area (Å²) in [5, 5.41) is 13.6. The number of para-hydroxylation sites is 1. The second-order valence-corrected chi connectivity index (χ2v) is 9.27. The van der Waals surface area contributed by atoms with Crippen molar-refractivity contribution < 1.29 is 9.21 Å². The summed E-state index contributed by atoms with van der Waals surface area (Å²) < 4.78 is 5.82. The zero-order valence-corrected chi connectivity index (χ0v) is 20.1. The van der Waals surface area contributed by atoms with Crippen LogP contribution in [0.3, 0.4) is 0 Å². The molecule has 174 valence electrons. The topological polar surface area (TPSA) is 97.0 Å². The van der Waals surface area contributed by atoms with E-state index in [9.17, 15) is 4.79 Å². The Morgan fingerprint density at radius 2 is 1.94 bits per heavy atom. The van der Waals surface area contributed by atoms with Crippen molar-refractivity contribution in [3.8, 4) is 11.5 Å². The Morgan fingerprint density at radius 3 is 2.74 bits per heavy atom. The van der Waals surface area contributed by atoms with Crippen LogP contribution in [-0.2, 0) is 11.3 Å². The molecule has 1 N–H and O–H groups in total. The number of hydrogen-bond acceptors (Lipinski definition) is 8. The Hall–Kier alpha value is -3.17. The minimum absolute atomic E-state index is 0.00764. The van der Waals surface area contributed by atoms with Crippen molar-refractivity contribution in [2.75, 3.05) is 17.6 Å². The molecule has 34 heavy (non-hydrogen) atoms. The van der Waals surface area contributed by atoms with Crippen LogP contribution in [0.25, 0.3) is 22.4 Å². The van der Waals surface area contributed by atoms with Gasteiger partial charge >= 0.3 is 0 Å². The van der Waals surface area contributed by atoms with E-state index in [4.69, 9.17) is 16.0 Å². The maximum Gasteiger partial charge on any atom is 0.249 e. The lowest BCUT2D eigenvalue weighted by atomic mass is 10.2. The molecule has 1 fully saturated rings. The number of aromatic nitrogens is 4. The molecule has 0 saturated heterocycles. The summed E-state index contributed by atoms with van der Waals surface area (Å²) in [6.45, 7) is 3.04. The second-order valence-electron chi connectivity index (χ2n) is 7.92. The molecule has 0 unspecified atom stereocenters. The van der Waals surface area contributed by atoms with E-state index < -0.39 is 0 Å².